The molecule has 0 saturated heterocycles. The molecule has 0 aliphatic heterocycles. The molecule has 0 aromatic carbocycles. The maximum atomic E-state index is 12.2. The molecule has 108 valence electrons. The molecule has 0 aliphatic carbocycles. The highest BCUT2D eigenvalue weighted by atomic mass is 16.3. The van der Waals surface area contributed by atoms with Crippen LogP contribution < -0.4 is 5.32 Å². The lowest BCUT2D eigenvalue weighted by Gasteiger charge is -2.34. The molecular weight excluding hydrogens is 228 g/mol. The Hall–Kier alpha value is -0.610. The highest BCUT2D eigenvalue weighted by Crippen LogP contribution is 2.22. The largest absolute Gasteiger partial charge is 0.396 e. The fourth-order valence-corrected chi connectivity index (χ4v) is 2.08. The quantitative estimate of drug-likeness (QED) is 0.730. The summed E-state index contributed by atoms with van der Waals surface area (Å²) >= 11 is 0. The van der Waals surface area contributed by atoms with Gasteiger partial charge in [0.05, 0.1) is 6.04 Å². The van der Waals surface area contributed by atoms with E-state index in [2.05, 4.69) is 26.1 Å². The number of carbonyl (C=O) groups excluding carboxylic acids is 1. The van der Waals surface area contributed by atoms with Crippen LogP contribution in [0.4, 0.5) is 0 Å². The van der Waals surface area contributed by atoms with E-state index in [9.17, 15) is 4.79 Å². The predicted octanol–water partition coefficient (Wildman–Crippen LogP) is 1.63. The SMILES string of the molecule is CCN(CC)C(=O)C(C)NC(CCO)C(C)(C)C. The Morgan fingerprint density at radius 2 is 1.78 bits per heavy atom. The number of aliphatic hydroxyl groups excluding tert-OH is 1. The van der Waals surface area contributed by atoms with Crippen molar-refractivity contribution < 1.29 is 9.90 Å². The summed E-state index contributed by atoms with van der Waals surface area (Å²) in [5.74, 6) is 0.132. The standard InChI is InChI=1S/C14H30N2O2/c1-7-16(8-2)13(18)11(3)15-12(9-10-17)14(4,5)6/h11-12,15,17H,7-10H2,1-6H3. The van der Waals surface area contributed by atoms with E-state index in [1.54, 1.807) is 0 Å². The third kappa shape index (κ3) is 5.36. The maximum Gasteiger partial charge on any atom is 0.239 e. The van der Waals surface area contributed by atoms with E-state index in [0.717, 1.165) is 13.1 Å². The van der Waals surface area contributed by atoms with Crippen LogP contribution in [0.2, 0.25) is 0 Å². The molecule has 18 heavy (non-hydrogen) atoms. The molecule has 0 spiro atoms. The van der Waals surface area contributed by atoms with Gasteiger partial charge in [0, 0.05) is 25.7 Å². The molecule has 2 unspecified atom stereocenters. The van der Waals surface area contributed by atoms with Crippen LogP contribution >= 0.6 is 0 Å². The van der Waals surface area contributed by atoms with E-state index >= 15 is 0 Å². The van der Waals surface area contributed by atoms with Crippen molar-refractivity contribution in [2.24, 2.45) is 5.41 Å². The summed E-state index contributed by atoms with van der Waals surface area (Å²) in [6, 6.07) is -0.0716. The van der Waals surface area contributed by atoms with Crippen molar-refractivity contribution in [3.63, 3.8) is 0 Å². The first-order valence-corrected chi connectivity index (χ1v) is 6.93. The van der Waals surface area contributed by atoms with Crippen molar-refractivity contribution in [3.8, 4) is 0 Å². The van der Waals surface area contributed by atoms with E-state index < -0.39 is 0 Å². The zero-order chi connectivity index (χ0) is 14.3. The average Bonchev–Trinajstić information content (AvgIpc) is 2.28. The summed E-state index contributed by atoms with van der Waals surface area (Å²) in [6.07, 6.45) is 0.666. The minimum Gasteiger partial charge on any atom is -0.396 e. The average molecular weight is 258 g/mol. The summed E-state index contributed by atoms with van der Waals surface area (Å²) < 4.78 is 0. The monoisotopic (exact) mass is 258 g/mol. The normalized spacial score (nSPS) is 15.3. The number of hydrogen-bond acceptors (Lipinski definition) is 3. The molecule has 0 aliphatic rings. The molecule has 0 saturated carbocycles. The van der Waals surface area contributed by atoms with Crippen LogP contribution in [-0.4, -0.2) is 47.7 Å². The lowest BCUT2D eigenvalue weighted by Crippen LogP contribution is -2.52. The van der Waals surface area contributed by atoms with E-state index in [4.69, 9.17) is 5.11 Å². The van der Waals surface area contributed by atoms with E-state index in [1.165, 1.54) is 0 Å². The zero-order valence-corrected chi connectivity index (χ0v) is 12.8. The Kier molecular flexibility index (Phi) is 7.48. The molecule has 0 bridgehead atoms. The van der Waals surface area contributed by atoms with Gasteiger partial charge in [-0.2, -0.15) is 0 Å². The number of nitrogens with zero attached hydrogens (tertiary/aromatic N) is 1. The first-order chi connectivity index (χ1) is 8.27. The Morgan fingerprint density at radius 1 is 1.28 bits per heavy atom. The van der Waals surface area contributed by atoms with Gasteiger partial charge < -0.3 is 15.3 Å². The van der Waals surface area contributed by atoms with E-state index in [-0.39, 0.29) is 30.0 Å². The van der Waals surface area contributed by atoms with Crippen LogP contribution in [-0.2, 0) is 4.79 Å². The van der Waals surface area contributed by atoms with Gasteiger partial charge in [0.2, 0.25) is 5.91 Å². The number of likely N-dealkylation sites (N-methyl/N-ethyl adjacent to an activating group) is 1. The summed E-state index contributed by atoms with van der Waals surface area (Å²) in [5.41, 5.74) is 0.0283. The minimum atomic E-state index is -0.208. The highest BCUT2D eigenvalue weighted by molar-refractivity contribution is 5.81. The maximum absolute atomic E-state index is 12.2. The van der Waals surface area contributed by atoms with Gasteiger partial charge >= 0.3 is 0 Å². The van der Waals surface area contributed by atoms with Gasteiger partial charge in [-0.25, -0.2) is 0 Å². The molecule has 2 N–H and O–H groups in total. The molecule has 0 rings (SSSR count). The lowest BCUT2D eigenvalue weighted by molar-refractivity contribution is -0.133. The molecule has 4 heteroatoms. The van der Waals surface area contributed by atoms with Gasteiger partial charge in [-0.15, -0.1) is 0 Å². The van der Waals surface area contributed by atoms with Crippen molar-refractivity contribution in [1.29, 1.82) is 0 Å². The van der Waals surface area contributed by atoms with Crippen molar-refractivity contribution in [2.75, 3.05) is 19.7 Å². The van der Waals surface area contributed by atoms with Gasteiger partial charge in [-0.05, 0) is 32.6 Å². The van der Waals surface area contributed by atoms with Gasteiger partial charge in [-0.3, -0.25) is 4.79 Å². The van der Waals surface area contributed by atoms with E-state index in [1.807, 2.05) is 25.7 Å². The minimum absolute atomic E-state index is 0.0283. The summed E-state index contributed by atoms with van der Waals surface area (Å²) in [6.45, 7) is 13.9. The van der Waals surface area contributed by atoms with Gasteiger partial charge in [-0.1, -0.05) is 20.8 Å². The van der Waals surface area contributed by atoms with Crippen LogP contribution in [0, 0.1) is 5.41 Å². The molecule has 0 radical (unpaired) electrons. The molecule has 2 atom stereocenters. The summed E-state index contributed by atoms with van der Waals surface area (Å²) in [7, 11) is 0. The molecule has 4 nitrogen and oxygen atoms in total. The third-order valence-electron chi connectivity index (χ3n) is 3.36. The van der Waals surface area contributed by atoms with Crippen molar-refractivity contribution in [3.05, 3.63) is 0 Å². The number of rotatable bonds is 7. The van der Waals surface area contributed by atoms with Crippen molar-refractivity contribution in [2.45, 2.75) is 60.0 Å². The second-order valence-electron chi connectivity index (χ2n) is 5.83. The van der Waals surface area contributed by atoms with E-state index in [0.29, 0.717) is 6.42 Å². The predicted molar refractivity (Wildman–Crippen MR) is 75.5 cm³/mol. The Bertz CT molecular complexity index is 245. The molecule has 0 aromatic rings. The smallest absolute Gasteiger partial charge is 0.239 e. The Morgan fingerprint density at radius 3 is 2.11 bits per heavy atom. The first-order valence-electron chi connectivity index (χ1n) is 6.93. The molecule has 0 fully saturated rings. The number of amides is 1. The third-order valence-corrected chi connectivity index (χ3v) is 3.36. The van der Waals surface area contributed by atoms with Crippen molar-refractivity contribution >= 4 is 5.91 Å². The Labute approximate surface area is 112 Å². The number of aliphatic hydroxyl groups is 1. The second kappa shape index (κ2) is 7.74. The van der Waals surface area contributed by atoms with Gasteiger partial charge in [0.15, 0.2) is 0 Å². The number of nitrogens with one attached hydrogen (secondary N) is 1. The van der Waals surface area contributed by atoms with Crippen LogP contribution in [0.25, 0.3) is 0 Å². The molecule has 0 heterocycles. The lowest BCUT2D eigenvalue weighted by atomic mass is 9.84. The van der Waals surface area contributed by atoms with Crippen LogP contribution in [0.1, 0.15) is 48.0 Å². The molecular formula is C14H30N2O2. The molecule has 1 amide bonds. The number of hydrogen-bond donors (Lipinski definition) is 2. The van der Waals surface area contributed by atoms with Crippen LogP contribution in [0.3, 0.4) is 0 Å². The van der Waals surface area contributed by atoms with Crippen molar-refractivity contribution in [1.82, 2.24) is 10.2 Å². The number of carbonyl (C=O) groups is 1. The second-order valence-corrected chi connectivity index (χ2v) is 5.83. The fourth-order valence-electron chi connectivity index (χ4n) is 2.08. The fraction of sp³-hybridized carbons (Fsp3) is 0.929. The topological polar surface area (TPSA) is 52.6 Å². The highest BCUT2D eigenvalue weighted by Gasteiger charge is 2.28. The zero-order valence-electron chi connectivity index (χ0n) is 12.8. The van der Waals surface area contributed by atoms with Crippen LogP contribution in [0.5, 0.6) is 0 Å². The van der Waals surface area contributed by atoms with Gasteiger partial charge in [0.1, 0.15) is 0 Å². The molecule has 0 aromatic heterocycles. The van der Waals surface area contributed by atoms with Crippen LogP contribution in [0.15, 0.2) is 0 Å². The summed E-state index contributed by atoms with van der Waals surface area (Å²) in [4.78, 5) is 14.0. The summed E-state index contributed by atoms with van der Waals surface area (Å²) in [5, 5.41) is 12.5. The first kappa shape index (κ1) is 17.4. The van der Waals surface area contributed by atoms with Gasteiger partial charge in [0.25, 0.3) is 0 Å². The Balaban J connectivity index is 4.59.